The van der Waals surface area contributed by atoms with Gasteiger partial charge >= 0.3 is 5.97 Å². The number of ether oxygens (including phenoxy) is 1. The van der Waals surface area contributed by atoms with Crippen LogP contribution in [0.5, 0.6) is 0 Å². The van der Waals surface area contributed by atoms with E-state index in [4.69, 9.17) is 14.3 Å². The highest BCUT2D eigenvalue weighted by molar-refractivity contribution is 6.19. The maximum absolute atomic E-state index is 12.9. The third-order valence-corrected chi connectivity index (χ3v) is 4.96. The zero-order valence-electron chi connectivity index (χ0n) is 17.8. The number of imide groups is 1. The molecule has 0 radical (unpaired) electrons. The first-order valence-electron chi connectivity index (χ1n) is 10.1. The largest absolute Gasteiger partial charge is 0.462 e. The van der Waals surface area contributed by atoms with Gasteiger partial charge in [-0.3, -0.25) is 14.5 Å². The topological polar surface area (TPSA) is 121 Å². The molecule has 0 saturated heterocycles. The van der Waals surface area contributed by atoms with Gasteiger partial charge in [0, 0.05) is 24.3 Å². The van der Waals surface area contributed by atoms with Gasteiger partial charge in [0.15, 0.2) is 0 Å². The summed E-state index contributed by atoms with van der Waals surface area (Å²) in [6, 6.07) is 12.0. The number of amides is 2. The summed E-state index contributed by atoms with van der Waals surface area (Å²) in [4.78, 5) is 38.1. The number of benzene rings is 1. The zero-order valence-corrected chi connectivity index (χ0v) is 17.8. The molecule has 8 heteroatoms. The van der Waals surface area contributed by atoms with Crippen molar-refractivity contribution in [2.75, 3.05) is 19.8 Å². The van der Waals surface area contributed by atoms with E-state index in [1.807, 2.05) is 6.07 Å². The molecule has 0 saturated carbocycles. The number of aliphatic hydroxyl groups excluding tert-OH is 1. The molecule has 1 N–H and O–H groups in total. The molecule has 1 aromatic heterocycles. The number of rotatable bonds is 7. The number of carbonyl (C=O) groups excluding carboxylic acids is 3. The fourth-order valence-electron chi connectivity index (χ4n) is 3.27. The summed E-state index contributed by atoms with van der Waals surface area (Å²) in [5, 5.41) is 18.4. The zero-order chi connectivity index (χ0) is 23.3. The summed E-state index contributed by atoms with van der Waals surface area (Å²) in [6.45, 7) is 3.40. The van der Waals surface area contributed by atoms with E-state index < -0.39 is 17.8 Å². The van der Waals surface area contributed by atoms with Crippen LogP contribution >= 0.6 is 0 Å². The van der Waals surface area contributed by atoms with Crippen LogP contribution in [0.1, 0.15) is 36.4 Å². The minimum Gasteiger partial charge on any atom is -0.462 e. The first-order chi connectivity index (χ1) is 15.4. The lowest BCUT2D eigenvalue weighted by atomic mass is 9.94. The van der Waals surface area contributed by atoms with E-state index in [9.17, 15) is 19.6 Å². The van der Waals surface area contributed by atoms with Gasteiger partial charge in [0.2, 0.25) is 0 Å². The van der Waals surface area contributed by atoms with Crippen LogP contribution in [-0.2, 0) is 14.3 Å². The van der Waals surface area contributed by atoms with Gasteiger partial charge in [-0.1, -0.05) is 12.1 Å². The maximum Gasteiger partial charge on any atom is 0.338 e. The Morgan fingerprint density at radius 3 is 2.53 bits per heavy atom. The molecule has 0 aliphatic carbocycles. The number of esters is 1. The van der Waals surface area contributed by atoms with Gasteiger partial charge < -0.3 is 14.3 Å². The van der Waals surface area contributed by atoms with Gasteiger partial charge in [-0.25, -0.2) is 4.79 Å². The van der Waals surface area contributed by atoms with Gasteiger partial charge in [-0.2, -0.15) is 5.26 Å². The molecule has 0 fully saturated rings. The Morgan fingerprint density at radius 1 is 1.19 bits per heavy atom. The Labute approximate surface area is 185 Å². The van der Waals surface area contributed by atoms with Crippen LogP contribution in [0.4, 0.5) is 0 Å². The Balaban J connectivity index is 1.91. The van der Waals surface area contributed by atoms with Crippen molar-refractivity contribution in [3.63, 3.8) is 0 Å². The second-order valence-corrected chi connectivity index (χ2v) is 7.01. The van der Waals surface area contributed by atoms with Crippen LogP contribution < -0.4 is 0 Å². The molecule has 3 rings (SSSR count). The van der Waals surface area contributed by atoms with Crippen LogP contribution in [0.3, 0.4) is 0 Å². The number of aliphatic hydroxyl groups is 1. The van der Waals surface area contributed by atoms with E-state index in [2.05, 4.69) is 0 Å². The summed E-state index contributed by atoms with van der Waals surface area (Å²) in [7, 11) is 0. The van der Waals surface area contributed by atoms with E-state index in [-0.39, 0.29) is 36.3 Å². The Hall–Kier alpha value is -3.96. The van der Waals surface area contributed by atoms with Crippen LogP contribution in [0.25, 0.3) is 17.4 Å². The van der Waals surface area contributed by atoms with Crippen molar-refractivity contribution in [1.82, 2.24) is 4.90 Å². The van der Waals surface area contributed by atoms with Crippen molar-refractivity contribution < 1.29 is 28.6 Å². The van der Waals surface area contributed by atoms with Gasteiger partial charge in [0.25, 0.3) is 11.8 Å². The third-order valence-electron chi connectivity index (χ3n) is 4.96. The fraction of sp³-hybridized carbons (Fsp3) is 0.250. The Morgan fingerprint density at radius 2 is 1.91 bits per heavy atom. The second kappa shape index (κ2) is 9.90. The number of hydrogen-bond acceptors (Lipinski definition) is 7. The molecule has 0 atom stereocenters. The molecule has 1 aromatic carbocycles. The lowest BCUT2D eigenvalue weighted by molar-refractivity contribution is -0.140. The predicted octanol–water partition coefficient (Wildman–Crippen LogP) is 3.10. The monoisotopic (exact) mass is 434 g/mol. The van der Waals surface area contributed by atoms with Crippen molar-refractivity contribution >= 4 is 23.9 Å². The lowest BCUT2D eigenvalue weighted by Crippen LogP contribution is -2.43. The summed E-state index contributed by atoms with van der Waals surface area (Å²) >= 11 is 0. The highest BCUT2D eigenvalue weighted by Crippen LogP contribution is 2.29. The first-order valence-corrected chi connectivity index (χ1v) is 10.1. The van der Waals surface area contributed by atoms with Crippen molar-refractivity contribution in [3.8, 4) is 17.4 Å². The van der Waals surface area contributed by atoms with E-state index in [1.165, 1.54) is 6.08 Å². The lowest BCUT2D eigenvalue weighted by Gasteiger charge is -2.27. The highest BCUT2D eigenvalue weighted by Gasteiger charge is 2.35. The highest BCUT2D eigenvalue weighted by atomic mass is 16.5. The van der Waals surface area contributed by atoms with Crippen LogP contribution in [-0.4, -0.2) is 47.5 Å². The molecule has 1 aliphatic rings. The molecule has 2 amide bonds. The number of nitriles is 1. The Bertz CT molecular complexity index is 1150. The van der Waals surface area contributed by atoms with E-state index in [0.717, 1.165) is 10.5 Å². The molecule has 0 spiro atoms. The number of nitrogens with zero attached hydrogens (tertiary/aromatic N) is 2. The average Bonchev–Trinajstić information content (AvgIpc) is 3.26. The van der Waals surface area contributed by atoms with Crippen LogP contribution in [0, 0.1) is 11.3 Å². The summed E-state index contributed by atoms with van der Waals surface area (Å²) in [5.41, 5.74) is 1.49. The van der Waals surface area contributed by atoms with Crippen LogP contribution in [0.15, 0.2) is 57.5 Å². The van der Waals surface area contributed by atoms with Crippen molar-refractivity contribution in [2.24, 2.45) is 0 Å². The SMILES string of the molecule is CCOC(=O)c1ccc(-c2ccc(/C=C3/C(=O)N(CCCO)C(=O)C(C#N)=C3C)o2)cc1. The van der Waals surface area contributed by atoms with Gasteiger partial charge in [-0.15, -0.1) is 0 Å². The molecular weight excluding hydrogens is 412 g/mol. The minimum absolute atomic E-state index is 0.0141. The minimum atomic E-state index is -0.664. The quantitative estimate of drug-likeness (QED) is 0.404. The van der Waals surface area contributed by atoms with Gasteiger partial charge in [-0.05, 0) is 56.2 Å². The molecule has 0 unspecified atom stereocenters. The van der Waals surface area contributed by atoms with E-state index in [1.54, 1.807) is 50.2 Å². The summed E-state index contributed by atoms with van der Waals surface area (Å²) < 4.78 is 10.8. The summed E-state index contributed by atoms with van der Waals surface area (Å²) in [5.74, 6) is -0.730. The smallest absolute Gasteiger partial charge is 0.338 e. The summed E-state index contributed by atoms with van der Waals surface area (Å²) in [6.07, 6.45) is 1.71. The first kappa shape index (κ1) is 22.7. The molecule has 0 bridgehead atoms. The molecule has 8 nitrogen and oxygen atoms in total. The fourth-order valence-corrected chi connectivity index (χ4v) is 3.27. The predicted molar refractivity (Wildman–Crippen MR) is 115 cm³/mol. The van der Waals surface area contributed by atoms with Crippen molar-refractivity contribution in [2.45, 2.75) is 20.3 Å². The molecular formula is C24H22N2O6. The van der Waals surface area contributed by atoms with E-state index >= 15 is 0 Å². The molecule has 2 aromatic rings. The van der Waals surface area contributed by atoms with E-state index in [0.29, 0.717) is 23.7 Å². The maximum atomic E-state index is 12.9. The van der Waals surface area contributed by atoms with Gasteiger partial charge in [0.05, 0.1) is 12.2 Å². The average molecular weight is 434 g/mol. The normalized spacial score (nSPS) is 15.3. The number of furan rings is 1. The van der Waals surface area contributed by atoms with Crippen molar-refractivity contribution in [3.05, 3.63) is 64.4 Å². The number of carbonyl (C=O) groups is 3. The molecule has 32 heavy (non-hydrogen) atoms. The Kier molecular flexibility index (Phi) is 7.03. The second-order valence-electron chi connectivity index (χ2n) is 7.01. The standard InChI is InChI=1S/C24H22N2O6/c1-3-31-24(30)17-7-5-16(6-8-17)21-10-9-18(32-21)13-19-15(2)20(14-25)23(29)26(22(19)28)11-4-12-27/h5-10,13,27H,3-4,11-12H2,1-2H3/b19-13+. The molecule has 2 heterocycles. The van der Waals surface area contributed by atoms with Gasteiger partial charge in [0.1, 0.15) is 23.2 Å². The molecule has 164 valence electrons. The van der Waals surface area contributed by atoms with Crippen LogP contribution in [0.2, 0.25) is 0 Å². The third kappa shape index (κ3) is 4.53. The van der Waals surface area contributed by atoms with Crippen molar-refractivity contribution in [1.29, 1.82) is 5.26 Å². The molecule has 1 aliphatic heterocycles. The number of hydrogen-bond donors (Lipinski definition) is 1.